The van der Waals surface area contributed by atoms with E-state index in [9.17, 15) is 9.59 Å². The highest BCUT2D eigenvalue weighted by Gasteiger charge is 2.18. The van der Waals surface area contributed by atoms with Gasteiger partial charge in [-0.3, -0.25) is 4.79 Å². The molecule has 2 N–H and O–H groups in total. The Morgan fingerprint density at radius 1 is 1.53 bits per heavy atom. The molecule has 1 atom stereocenters. The molecule has 0 saturated carbocycles. The van der Waals surface area contributed by atoms with Gasteiger partial charge in [0.2, 0.25) is 11.9 Å². The molecule has 1 aromatic heterocycles. The molecule has 1 aromatic rings. The van der Waals surface area contributed by atoms with Crippen molar-refractivity contribution in [3.05, 3.63) is 17.5 Å². The largest absolute Gasteiger partial charge is 0.478 e. The van der Waals surface area contributed by atoms with Gasteiger partial charge in [-0.1, -0.05) is 0 Å². The summed E-state index contributed by atoms with van der Waals surface area (Å²) in [4.78, 5) is 32.2. The van der Waals surface area contributed by atoms with Crippen LogP contribution in [0.2, 0.25) is 0 Å². The number of carboxylic acids is 1. The average molecular weight is 266 g/mol. The highest BCUT2D eigenvalue weighted by atomic mass is 16.4. The van der Waals surface area contributed by atoms with Gasteiger partial charge in [0.15, 0.2) is 0 Å². The quantitative estimate of drug-likeness (QED) is 0.817. The Hall–Kier alpha value is -2.18. The normalized spacial score (nSPS) is 11.8. The van der Waals surface area contributed by atoms with Gasteiger partial charge in [-0.2, -0.15) is 0 Å². The molecular formula is C12H18N4O3. The van der Waals surface area contributed by atoms with Crippen molar-refractivity contribution in [3.8, 4) is 0 Å². The van der Waals surface area contributed by atoms with Gasteiger partial charge in [-0.05, 0) is 20.8 Å². The second-order valence-corrected chi connectivity index (χ2v) is 4.22. The van der Waals surface area contributed by atoms with Crippen molar-refractivity contribution in [3.63, 3.8) is 0 Å². The van der Waals surface area contributed by atoms with Crippen molar-refractivity contribution < 1.29 is 14.7 Å². The zero-order valence-corrected chi connectivity index (χ0v) is 11.5. The van der Waals surface area contributed by atoms with E-state index in [1.54, 1.807) is 25.8 Å². The number of amides is 1. The summed E-state index contributed by atoms with van der Waals surface area (Å²) in [7, 11) is 1.71. The van der Waals surface area contributed by atoms with Gasteiger partial charge in [-0.15, -0.1) is 0 Å². The molecule has 0 aromatic carbocycles. The zero-order chi connectivity index (χ0) is 14.6. The number of likely N-dealkylation sites (N-methyl/N-ethyl adjacent to an activating group) is 1. The summed E-state index contributed by atoms with van der Waals surface area (Å²) < 4.78 is 0. The Bertz CT molecular complexity index is 490. The van der Waals surface area contributed by atoms with Crippen molar-refractivity contribution in [2.45, 2.75) is 26.8 Å². The van der Waals surface area contributed by atoms with Gasteiger partial charge in [0.05, 0.1) is 11.3 Å². The number of hydrogen-bond acceptors (Lipinski definition) is 5. The molecule has 0 bridgehead atoms. The fourth-order valence-corrected chi connectivity index (χ4v) is 1.49. The first kappa shape index (κ1) is 14.9. The lowest BCUT2D eigenvalue weighted by molar-refractivity contribution is -0.130. The predicted octanol–water partition coefficient (Wildman–Crippen LogP) is 0.762. The molecule has 1 rings (SSSR count). The number of nitrogens with one attached hydrogen (secondary N) is 1. The lowest BCUT2D eigenvalue weighted by Gasteiger charge is -2.20. The van der Waals surface area contributed by atoms with Gasteiger partial charge in [0, 0.05) is 19.8 Å². The maximum Gasteiger partial charge on any atom is 0.339 e. The maximum atomic E-state index is 11.9. The summed E-state index contributed by atoms with van der Waals surface area (Å²) in [6.07, 6.45) is 1.23. The number of anilines is 1. The minimum atomic E-state index is -1.07. The van der Waals surface area contributed by atoms with Crippen LogP contribution in [0.15, 0.2) is 6.20 Å². The molecule has 1 amide bonds. The van der Waals surface area contributed by atoms with E-state index in [-0.39, 0.29) is 17.4 Å². The third kappa shape index (κ3) is 3.64. The minimum Gasteiger partial charge on any atom is -0.478 e. The van der Waals surface area contributed by atoms with Crippen LogP contribution in [-0.4, -0.2) is 51.5 Å². The molecule has 0 aliphatic carbocycles. The number of carboxylic acid groups (broad SMARTS) is 1. The first-order valence-electron chi connectivity index (χ1n) is 5.95. The number of nitrogens with zero attached hydrogens (tertiary/aromatic N) is 3. The number of aryl methyl sites for hydroxylation is 1. The standard InChI is InChI=1S/C12H18N4O3/c1-5-16(4)10(17)8(3)15-12-13-6-9(11(18)19)7(2)14-12/h6,8H,5H2,1-4H3,(H,18,19)(H,13,14,15). The highest BCUT2D eigenvalue weighted by Crippen LogP contribution is 2.08. The second-order valence-electron chi connectivity index (χ2n) is 4.22. The molecule has 0 radical (unpaired) electrons. The van der Waals surface area contributed by atoms with E-state index >= 15 is 0 Å². The molecule has 1 unspecified atom stereocenters. The first-order chi connectivity index (χ1) is 8.86. The Morgan fingerprint density at radius 3 is 2.63 bits per heavy atom. The Morgan fingerprint density at radius 2 is 2.16 bits per heavy atom. The van der Waals surface area contributed by atoms with Gasteiger partial charge in [0.25, 0.3) is 0 Å². The molecule has 104 valence electrons. The van der Waals surface area contributed by atoms with Crippen molar-refractivity contribution in [1.29, 1.82) is 0 Å². The van der Waals surface area contributed by atoms with Gasteiger partial charge in [0.1, 0.15) is 6.04 Å². The van der Waals surface area contributed by atoms with Gasteiger partial charge in [-0.25, -0.2) is 14.8 Å². The topological polar surface area (TPSA) is 95.4 Å². The number of hydrogen-bond donors (Lipinski definition) is 2. The van der Waals surface area contributed by atoms with E-state index < -0.39 is 12.0 Å². The summed E-state index contributed by atoms with van der Waals surface area (Å²) in [5.74, 6) is -0.905. The van der Waals surface area contributed by atoms with Gasteiger partial charge >= 0.3 is 5.97 Å². The maximum absolute atomic E-state index is 11.9. The summed E-state index contributed by atoms with van der Waals surface area (Å²) >= 11 is 0. The van der Waals surface area contributed by atoms with Crippen LogP contribution in [0.5, 0.6) is 0 Å². The molecule has 7 heteroatoms. The summed E-state index contributed by atoms with van der Waals surface area (Å²) in [6.45, 7) is 5.79. The van der Waals surface area contributed by atoms with Crippen LogP contribution >= 0.6 is 0 Å². The summed E-state index contributed by atoms with van der Waals surface area (Å²) in [6, 6.07) is -0.472. The zero-order valence-electron chi connectivity index (χ0n) is 11.5. The molecular weight excluding hydrogens is 248 g/mol. The fourth-order valence-electron chi connectivity index (χ4n) is 1.49. The molecule has 1 heterocycles. The molecule has 19 heavy (non-hydrogen) atoms. The molecule has 0 aliphatic heterocycles. The van der Waals surface area contributed by atoms with E-state index in [2.05, 4.69) is 15.3 Å². The molecule has 0 aliphatic rings. The van der Waals surface area contributed by atoms with E-state index in [0.29, 0.717) is 12.2 Å². The molecule has 0 spiro atoms. The van der Waals surface area contributed by atoms with Crippen molar-refractivity contribution in [1.82, 2.24) is 14.9 Å². The van der Waals surface area contributed by atoms with Crippen LogP contribution < -0.4 is 5.32 Å². The lowest BCUT2D eigenvalue weighted by atomic mass is 10.2. The summed E-state index contributed by atoms with van der Waals surface area (Å²) in [5.41, 5.74) is 0.406. The van der Waals surface area contributed by atoms with E-state index in [4.69, 9.17) is 5.11 Å². The van der Waals surface area contributed by atoms with Gasteiger partial charge < -0.3 is 15.3 Å². The Balaban J connectivity index is 2.81. The molecule has 7 nitrogen and oxygen atoms in total. The third-order valence-corrected chi connectivity index (χ3v) is 2.78. The second kappa shape index (κ2) is 6.12. The smallest absolute Gasteiger partial charge is 0.339 e. The van der Waals surface area contributed by atoms with Crippen molar-refractivity contribution in [2.75, 3.05) is 18.9 Å². The fraction of sp³-hybridized carbons (Fsp3) is 0.500. The summed E-state index contributed by atoms with van der Waals surface area (Å²) in [5, 5.41) is 11.7. The average Bonchev–Trinajstić information content (AvgIpc) is 2.36. The number of aromatic carboxylic acids is 1. The van der Waals surface area contributed by atoms with E-state index in [1.807, 2.05) is 6.92 Å². The van der Waals surface area contributed by atoms with Crippen LogP contribution in [0.3, 0.4) is 0 Å². The van der Waals surface area contributed by atoms with Crippen molar-refractivity contribution in [2.24, 2.45) is 0 Å². The van der Waals surface area contributed by atoms with Crippen molar-refractivity contribution >= 4 is 17.8 Å². The Kier molecular flexibility index (Phi) is 4.80. The molecule has 0 fully saturated rings. The lowest BCUT2D eigenvalue weighted by Crippen LogP contribution is -2.39. The monoisotopic (exact) mass is 266 g/mol. The van der Waals surface area contributed by atoms with Crippen LogP contribution in [0, 0.1) is 6.92 Å². The first-order valence-corrected chi connectivity index (χ1v) is 5.95. The number of rotatable bonds is 5. The number of carbonyl (C=O) groups excluding carboxylic acids is 1. The minimum absolute atomic E-state index is 0.0511. The van der Waals surface area contributed by atoms with Crippen LogP contribution in [0.25, 0.3) is 0 Å². The SMILES string of the molecule is CCN(C)C(=O)C(C)Nc1ncc(C(=O)O)c(C)n1. The van der Waals surface area contributed by atoms with Crippen LogP contribution in [0.4, 0.5) is 5.95 Å². The molecule has 0 saturated heterocycles. The Labute approximate surface area is 111 Å². The predicted molar refractivity (Wildman–Crippen MR) is 70.1 cm³/mol. The number of carbonyl (C=O) groups is 2. The number of aromatic nitrogens is 2. The van der Waals surface area contributed by atoms with Crippen LogP contribution in [0.1, 0.15) is 29.9 Å². The van der Waals surface area contributed by atoms with Crippen LogP contribution in [-0.2, 0) is 4.79 Å². The third-order valence-electron chi connectivity index (χ3n) is 2.78. The highest BCUT2D eigenvalue weighted by molar-refractivity contribution is 5.88. The van der Waals surface area contributed by atoms with E-state index in [1.165, 1.54) is 6.20 Å². The van der Waals surface area contributed by atoms with E-state index in [0.717, 1.165) is 0 Å².